The van der Waals surface area contributed by atoms with E-state index in [1.54, 1.807) is 36.5 Å². The molecular weight excluding hydrogens is 420 g/mol. The van der Waals surface area contributed by atoms with Crippen LogP contribution in [0.25, 0.3) is 22.5 Å². The fourth-order valence-electron chi connectivity index (χ4n) is 4.04. The van der Waals surface area contributed by atoms with Crippen LogP contribution in [-0.4, -0.2) is 40.7 Å². The van der Waals surface area contributed by atoms with Gasteiger partial charge in [0, 0.05) is 23.2 Å². The second-order valence-corrected chi connectivity index (χ2v) is 7.86. The predicted molar refractivity (Wildman–Crippen MR) is 112 cm³/mol. The SMILES string of the molecule is N#Cc1cccc(-c2cnc(-c3ccc(F)cc3)nc2C2CCN(CC(F)(F)F)CC2)c1. The third-order valence-corrected chi connectivity index (χ3v) is 5.60. The van der Waals surface area contributed by atoms with Crippen LogP contribution in [0.2, 0.25) is 0 Å². The van der Waals surface area contributed by atoms with Crippen molar-refractivity contribution in [2.24, 2.45) is 0 Å². The summed E-state index contributed by atoms with van der Waals surface area (Å²) in [5.74, 6) is 0.0104. The zero-order valence-corrected chi connectivity index (χ0v) is 17.1. The quantitative estimate of drug-likeness (QED) is 0.498. The molecule has 4 nitrogen and oxygen atoms in total. The first-order valence-electron chi connectivity index (χ1n) is 10.2. The van der Waals surface area contributed by atoms with Crippen molar-refractivity contribution in [1.29, 1.82) is 5.26 Å². The number of likely N-dealkylation sites (tertiary alicyclic amines) is 1. The largest absolute Gasteiger partial charge is 0.401 e. The summed E-state index contributed by atoms with van der Waals surface area (Å²) in [6, 6.07) is 15.1. The Morgan fingerprint density at radius 3 is 2.41 bits per heavy atom. The van der Waals surface area contributed by atoms with Gasteiger partial charge in [0.05, 0.1) is 23.9 Å². The van der Waals surface area contributed by atoms with Gasteiger partial charge in [0.25, 0.3) is 0 Å². The van der Waals surface area contributed by atoms with Gasteiger partial charge in [-0.25, -0.2) is 14.4 Å². The normalized spacial score (nSPS) is 15.5. The monoisotopic (exact) mass is 440 g/mol. The Morgan fingerprint density at radius 1 is 1.03 bits per heavy atom. The van der Waals surface area contributed by atoms with Gasteiger partial charge in [-0.2, -0.15) is 18.4 Å². The Labute approximate surface area is 183 Å². The maximum Gasteiger partial charge on any atom is 0.401 e. The fraction of sp³-hybridized carbons (Fsp3) is 0.292. The molecule has 0 radical (unpaired) electrons. The second kappa shape index (κ2) is 9.05. The van der Waals surface area contributed by atoms with Gasteiger partial charge in [-0.3, -0.25) is 4.90 Å². The van der Waals surface area contributed by atoms with E-state index < -0.39 is 12.7 Å². The molecule has 1 aromatic heterocycles. The first-order valence-corrected chi connectivity index (χ1v) is 10.2. The van der Waals surface area contributed by atoms with Gasteiger partial charge in [-0.1, -0.05) is 12.1 Å². The van der Waals surface area contributed by atoms with Crippen LogP contribution in [0.1, 0.15) is 30.0 Å². The molecular formula is C24H20F4N4. The predicted octanol–water partition coefficient (Wildman–Crippen LogP) is 5.56. The number of piperidine rings is 1. The van der Waals surface area contributed by atoms with E-state index in [9.17, 15) is 22.8 Å². The summed E-state index contributed by atoms with van der Waals surface area (Å²) in [4.78, 5) is 10.6. The number of benzene rings is 2. The standard InChI is InChI=1S/C24H20F4N4/c25-20-6-4-18(5-7-20)23-30-14-21(19-3-1-2-16(12-19)13-29)22(31-23)17-8-10-32(11-9-17)15-24(26,27)28/h1-7,12,14,17H,8-11,15H2. The van der Waals surface area contributed by atoms with Crippen molar-refractivity contribution >= 4 is 0 Å². The molecule has 0 aliphatic carbocycles. The zero-order chi connectivity index (χ0) is 22.7. The average molecular weight is 440 g/mol. The Kier molecular flexibility index (Phi) is 6.19. The van der Waals surface area contributed by atoms with Crippen LogP contribution in [0.15, 0.2) is 54.7 Å². The molecule has 2 aromatic carbocycles. The summed E-state index contributed by atoms with van der Waals surface area (Å²) in [6.45, 7) is -0.281. The summed E-state index contributed by atoms with van der Waals surface area (Å²) in [6.07, 6.45) is -1.48. The van der Waals surface area contributed by atoms with E-state index in [0.29, 0.717) is 42.9 Å². The van der Waals surface area contributed by atoms with Crippen molar-refractivity contribution in [3.05, 3.63) is 71.8 Å². The third-order valence-electron chi connectivity index (χ3n) is 5.60. The molecule has 4 rings (SSSR count). The molecule has 0 unspecified atom stereocenters. The van der Waals surface area contributed by atoms with Gasteiger partial charge in [0.1, 0.15) is 5.82 Å². The van der Waals surface area contributed by atoms with E-state index >= 15 is 0 Å². The van der Waals surface area contributed by atoms with Gasteiger partial charge >= 0.3 is 6.18 Å². The number of alkyl halides is 3. The van der Waals surface area contributed by atoms with Gasteiger partial charge < -0.3 is 0 Å². The van der Waals surface area contributed by atoms with Gasteiger partial charge in [0.15, 0.2) is 5.82 Å². The van der Waals surface area contributed by atoms with Gasteiger partial charge in [-0.05, 0) is 67.9 Å². The number of aromatic nitrogens is 2. The summed E-state index contributed by atoms with van der Waals surface area (Å²) < 4.78 is 51.6. The van der Waals surface area contributed by atoms with E-state index in [-0.39, 0.29) is 11.7 Å². The first-order chi connectivity index (χ1) is 15.3. The second-order valence-electron chi connectivity index (χ2n) is 7.86. The lowest BCUT2D eigenvalue weighted by Crippen LogP contribution is -2.39. The molecule has 1 aliphatic rings. The van der Waals surface area contributed by atoms with E-state index in [1.165, 1.54) is 17.0 Å². The number of nitriles is 1. The molecule has 0 amide bonds. The maximum absolute atomic E-state index is 13.3. The third kappa shape index (κ3) is 5.11. The number of hydrogen-bond donors (Lipinski definition) is 0. The maximum atomic E-state index is 13.3. The van der Waals surface area contributed by atoms with Gasteiger partial charge in [0.2, 0.25) is 0 Å². The van der Waals surface area contributed by atoms with E-state index in [1.807, 2.05) is 6.07 Å². The Morgan fingerprint density at radius 2 is 1.75 bits per heavy atom. The molecule has 2 heterocycles. The number of hydrogen-bond acceptors (Lipinski definition) is 4. The number of halogens is 4. The molecule has 0 atom stereocenters. The lowest BCUT2D eigenvalue weighted by atomic mass is 9.88. The van der Waals surface area contributed by atoms with Crippen LogP contribution in [0.3, 0.4) is 0 Å². The molecule has 164 valence electrons. The number of rotatable bonds is 4. The van der Waals surface area contributed by atoms with Crippen molar-refractivity contribution in [2.75, 3.05) is 19.6 Å². The topological polar surface area (TPSA) is 52.8 Å². The van der Waals surface area contributed by atoms with Crippen molar-refractivity contribution < 1.29 is 17.6 Å². The van der Waals surface area contributed by atoms with Gasteiger partial charge in [-0.15, -0.1) is 0 Å². The summed E-state index contributed by atoms with van der Waals surface area (Å²) in [5.41, 5.74) is 3.42. The molecule has 0 spiro atoms. The Bertz CT molecular complexity index is 1130. The minimum absolute atomic E-state index is 0.0533. The highest BCUT2D eigenvalue weighted by Crippen LogP contribution is 2.36. The van der Waals surface area contributed by atoms with Crippen LogP contribution in [0, 0.1) is 17.1 Å². The van der Waals surface area contributed by atoms with E-state index in [2.05, 4.69) is 11.1 Å². The molecule has 0 bridgehead atoms. The van der Waals surface area contributed by atoms with Crippen LogP contribution < -0.4 is 0 Å². The van der Waals surface area contributed by atoms with Crippen molar-refractivity contribution in [3.63, 3.8) is 0 Å². The highest BCUT2D eigenvalue weighted by molar-refractivity contribution is 5.69. The molecule has 3 aromatic rings. The molecule has 1 saturated heterocycles. The lowest BCUT2D eigenvalue weighted by molar-refractivity contribution is -0.147. The summed E-state index contributed by atoms with van der Waals surface area (Å²) >= 11 is 0. The van der Waals surface area contributed by atoms with Crippen molar-refractivity contribution in [2.45, 2.75) is 24.9 Å². The Balaban J connectivity index is 1.69. The summed E-state index contributed by atoms with van der Waals surface area (Å²) in [7, 11) is 0. The zero-order valence-electron chi connectivity index (χ0n) is 17.1. The highest BCUT2D eigenvalue weighted by Gasteiger charge is 2.33. The van der Waals surface area contributed by atoms with Crippen molar-refractivity contribution in [1.82, 2.24) is 14.9 Å². The summed E-state index contributed by atoms with van der Waals surface area (Å²) in [5, 5.41) is 9.25. The van der Waals surface area contributed by atoms with E-state index in [4.69, 9.17) is 4.98 Å². The molecule has 8 heteroatoms. The number of nitrogens with zero attached hydrogens (tertiary/aromatic N) is 4. The van der Waals surface area contributed by atoms with Crippen molar-refractivity contribution in [3.8, 4) is 28.6 Å². The van der Waals surface area contributed by atoms with Crippen LogP contribution in [-0.2, 0) is 0 Å². The molecule has 0 saturated carbocycles. The minimum Gasteiger partial charge on any atom is -0.295 e. The van der Waals surface area contributed by atoms with Crippen LogP contribution in [0.4, 0.5) is 17.6 Å². The lowest BCUT2D eigenvalue weighted by Gasteiger charge is -2.32. The van der Waals surface area contributed by atoms with E-state index in [0.717, 1.165) is 16.8 Å². The highest BCUT2D eigenvalue weighted by atomic mass is 19.4. The molecule has 32 heavy (non-hydrogen) atoms. The molecule has 1 aliphatic heterocycles. The molecule has 0 N–H and O–H groups in total. The average Bonchev–Trinajstić information content (AvgIpc) is 2.79. The molecule has 1 fully saturated rings. The fourth-order valence-corrected chi connectivity index (χ4v) is 4.04. The van der Waals surface area contributed by atoms with Crippen LogP contribution in [0.5, 0.6) is 0 Å². The Hall–Kier alpha value is -3.31. The minimum atomic E-state index is -4.22. The van der Waals surface area contributed by atoms with Crippen LogP contribution >= 0.6 is 0 Å². The smallest absolute Gasteiger partial charge is 0.295 e. The first kappa shape index (κ1) is 21.9.